The van der Waals surface area contributed by atoms with Crippen LogP contribution in [0.15, 0.2) is 122 Å². The number of rotatable bonds is 19. The lowest BCUT2D eigenvalue weighted by Gasteiger charge is -2.18. The van der Waals surface area contributed by atoms with Crippen molar-refractivity contribution in [3.8, 4) is 28.0 Å². The Labute approximate surface area is 523 Å². The first-order chi connectivity index (χ1) is 42.4. The third-order valence-corrected chi connectivity index (χ3v) is 17.0. The summed E-state index contributed by atoms with van der Waals surface area (Å²) in [6.45, 7) is 10.2. The summed E-state index contributed by atoms with van der Waals surface area (Å²) in [6.07, 6.45) is 17.0. The molecular formula is C67H81F3N16O4. The molecule has 0 radical (unpaired) electrons. The molecule has 3 amide bonds. The van der Waals surface area contributed by atoms with Crippen molar-refractivity contribution in [1.29, 1.82) is 0 Å². The number of anilines is 4. The summed E-state index contributed by atoms with van der Waals surface area (Å²) in [7, 11) is 4.19. The molecule has 4 fully saturated rings. The number of aromatic nitrogens is 8. The molecule has 2 saturated heterocycles. The van der Waals surface area contributed by atoms with Crippen LogP contribution in [0.4, 0.5) is 36.4 Å². The van der Waals surface area contributed by atoms with Gasteiger partial charge >= 0.3 is 6.18 Å². The maximum absolute atomic E-state index is 13.0. The highest BCUT2D eigenvalue weighted by Gasteiger charge is 2.35. The maximum Gasteiger partial charge on any atom is 0.416 e. The molecule has 23 heteroatoms. The third kappa shape index (κ3) is 14.6. The van der Waals surface area contributed by atoms with Crippen molar-refractivity contribution in [1.82, 2.24) is 58.6 Å². The first-order valence-electron chi connectivity index (χ1n) is 29.9. The van der Waals surface area contributed by atoms with E-state index < -0.39 is 11.7 Å². The molecule has 2 saturated carbocycles. The Morgan fingerprint density at radius 1 is 0.656 bits per heavy atom. The molecule has 474 valence electrons. The standard InChI is InChI=1S/C34H40N8O2.C31H33F3N8O2.2CH4/c1-4-6-23-14-16-36-28(19-23)39-34(44)25-10-8-24(9-11-25)30-22(2)42(33-31(30)32(35)37-21-38-33)27-15-18-41(20-27)29(43)7-5-17-40(3)26-12-13-26;1-19-27(20-5-9-24(10-6-20)44-39-25-16-21(11-13-36-25)31(32,33)34)28-29(35)37-18-38-30(28)42(19)23-12-15-41(17-23)26(43)4-3-14-40(2)22-7-8-22;;/h5,7-11,14,16,19,21,26-27H,4,6,12-13,15,17-18,20H2,1-3H3,(H2,35,37,38)(H,36,39,44);3-6,9-11,13,16,18,22-23H,7-8,12,14-15,17H2,1-2H3,(H,36,39)(H2,35,37,38);2*1H4/b7-5+;4-3+;;/t27-;23-;;/m11../s1. The summed E-state index contributed by atoms with van der Waals surface area (Å²) < 4.78 is 43.4. The molecule has 2 aromatic carbocycles. The molecule has 12 rings (SSSR count). The molecule has 20 nitrogen and oxygen atoms in total. The van der Waals surface area contributed by atoms with Gasteiger partial charge in [-0.25, -0.2) is 35.4 Å². The number of fused-ring (bicyclic) bond motifs is 2. The molecule has 0 unspecified atom stereocenters. The Morgan fingerprint density at radius 2 is 1.14 bits per heavy atom. The van der Waals surface area contributed by atoms with E-state index in [1.807, 2.05) is 77.4 Å². The SMILES string of the molecule is C.C.CCCc1ccnc(NC(=O)c2ccc(-c3c(C)n([C@@H]4CCN(C(=O)/C=C/CN(C)C5CC5)C4)c4ncnc(N)c34)cc2)c1.Cc1c(-c2ccc(ONc3cc(C(F)(F)F)ccn3)cc2)c2c(N)ncnc2n1[C@@H]1CCN(C(=O)/C=C/CN(C)C2CC2)C1. The van der Waals surface area contributed by atoms with Gasteiger partial charge in [-0.1, -0.05) is 64.6 Å². The predicted molar refractivity (Wildman–Crippen MR) is 347 cm³/mol. The molecule has 2 atom stereocenters. The fraction of sp³-hybridized carbons (Fsp3) is 0.388. The summed E-state index contributed by atoms with van der Waals surface area (Å²) in [5.41, 5.74) is 23.1. The average Bonchev–Trinajstić information content (AvgIpc) is 1.62. The molecule has 0 spiro atoms. The summed E-state index contributed by atoms with van der Waals surface area (Å²) in [5.74, 6) is 1.42. The number of amides is 3. The number of halogens is 3. The van der Waals surface area contributed by atoms with Gasteiger partial charge < -0.3 is 40.6 Å². The van der Waals surface area contributed by atoms with Crippen molar-refractivity contribution in [2.24, 2.45) is 0 Å². The van der Waals surface area contributed by atoms with E-state index in [9.17, 15) is 27.6 Å². The first kappa shape index (κ1) is 65.2. The van der Waals surface area contributed by atoms with E-state index in [1.165, 1.54) is 38.3 Å². The van der Waals surface area contributed by atoms with Crippen molar-refractivity contribution < 1.29 is 32.4 Å². The van der Waals surface area contributed by atoms with E-state index in [2.05, 4.69) is 87.6 Å². The van der Waals surface area contributed by atoms with Crippen molar-refractivity contribution in [2.45, 2.75) is 117 Å². The van der Waals surface area contributed by atoms with E-state index in [4.69, 9.17) is 16.3 Å². The number of nitrogen functional groups attached to an aromatic ring is 2. The largest absolute Gasteiger partial charge is 0.416 e. The Balaban J connectivity index is 0.000000209. The first-order valence-corrected chi connectivity index (χ1v) is 29.9. The summed E-state index contributed by atoms with van der Waals surface area (Å²) in [4.78, 5) is 78.7. The van der Waals surface area contributed by atoms with Crippen LogP contribution in [-0.2, 0) is 22.2 Å². The predicted octanol–water partition coefficient (Wildman–Crippen LogP) is 11.5. The van der Waals surface area contributed by atoms with Gasteiger partial charge in [0.15, 0.2) is 11.6 Å². The van der Waals surface area contributed by atoms with Crippen molar-refractivity contribution in [3.63, 3.8) is 0 Å². The molecule has 4 aliphatic rings. The molecule has 6 N–H and O–H groups in total. The molecule has 2 aliphatic heterocycles. The van der Waals surface area contributed by atoms with Crippen LogP contribution in [0, 0.1) is 13.8 Å². The van der Waals surface area contributed by atoms with Crippen LogP contribution >= 0.6 is 0 Å². The number of pyridine rings is 2. The second-order valence-corrected chi connectivity index (χ2v) is 23.2. The zero-order valence-corrected chi connectivity index (χ0v) is 50.0. The van der Waals surface area contributed by atoms with Crippen LogP contribution in [-0.4, -0.2) is 142 Å². The summed E-state index contributed by atoms with van der Waals surface area (Å²) >= 11 is 0. The van der Waals surface area contributed by atoms with Gasteiger partial charge in [0.25, 0.3) is 5.91 Å². The lowest BCUT2D eigenvalue weighted by molar-refractivity contribution is -0.137. The van der Waals surface area contributed by atoms with Gasteiger partial charge in [-0.05, 0) is 138 Å². The van der Waals surface area contributed by atoms with Gasteiger partial charge in [0.2, 0.25) is 11.8 Å². The summed E-state index contributed by atoms with van der Waals surface area (Å²) in [5, 5.41) is 4.42. The maximum atomic E-state index is 13.0. The number of nitrogens with one attached hydrogen (secondary N) is 2. The topological polar surface area (TPSA) is 237 Å². The highest BCUT2D eigenvalue weighted by atomic mass is 19.4. The molecular weight excluding hydrogens is 1150 g/mol. The number of aryl methyl sites for hydroxylation is 1. The van der Waals surface area contributed by atoms with Gasteiger partial charge in [0.1, 0.15) is 41.4 Å². The highest BCUT2D eigenvalue weighted by Crippen LogP contribution is 2.42. The molecule has 0 bridgehead atoms. The van der Waals surface area contributed by atoms with Crippen molar-refractivity contribution in [2.75, 3.05) is 75.6 Å². The van der Waals surface area contributed by atoms with Gasteiger partial charge in [-0.3, -0.25) is 24.2 Å². The van der Waals surface area contributed by atoms with Crippen LogP contribution in [0.2, 0.25) is 0 Å². The fourth-order valence-electron chi connectivity index (χ4n) is 12.1. The molecule has 2 aliphatic carbocycles. The molecule has 8 aromatic rings. The average molecular weight is 1230 g/mol. The number of carbonyl (C=O) groups is 3. The van der Waals surface area contributed by atoms with Gasteiger partial charge in [-0.15, -0.1) is 0 Å². The van der Waals surface area contributed by atoms with E-state index in [0.29, 0.717) is 72.7 Å². The van der Waals surface area contributed by atoms with E-state index >= 15 is 0 Å². The minimum absolute atomic E-state index is 0. The Kier molecular flexibility index (Phi) is 20.4. The fourth-order valence-corrected chi connectivity index (χ4v) is 12.1. The normalized spacial score (nSPS) is 16.6. The smallest absolute Gasteiger partial charge is 0.383 e. The number of nitrogens with two attached hydrogens (primary N) is 2. The Bertz CT molecular complexity index is 3910. The van der Waals surface area contributed by atoms with E-state index in [-0.39, 0.29) is 50.5 Å². The van der Waals surface area contributed by atoms with Crippen molar-refractivity contribution >= 4 is 63.1 Å². The van der Waals surface area contributed by atoms with Crippen LogP contribution in [0.25, 0.3) is 44.3 Å². The van der Waals surface area contributed by atoms with Crippen LogP contribution < -0.4 is 27.1 Å². The van der Waals surface area contributed by atoms with E-state index in [0.717, 1.165) is 113 Å². The van der Waals surface area contributed by atoms with Gasteiger partial charge in [-0.2, -0.15) is 13.2 Å². The van der Waals surface area contributed by atoms with Gasteiger partial charge in [0.05, 0.1) is 28.4 Å². The second-order valence-electron chi connectivity index (χ2n) is 23.2. The molecule has 6 aromatic heterocycles. The summed E-state index contributed by atoms with van der Waals surface area (Å²) in [6, 6.07) is 21.6. The number of nitrogens with zero attached hydrogens (tertiary/aromatic N) is 12. The van der Waals surface area contributed by atoms with Gasteiger partial charge in [0, 0.05) is 104 Å². The number of benzene rings is 2. The minimum atomic E-state index is -4.49. The number of alkyl halides is 3. The zero-order chi connectivity index (χ0) is 61.8. The Hall–Kier alpha value is -9.22. The van der Waals surface area contributed by atoms with Crippen molar-refractivity contribution in [3.05, 3.63) is 150 Å². The number of likely N-dealkylation sites (tertiary alicyclic amines) is 2. The number of carbonyl (C=O) groups excluding carboxylic acids is 3. The molecule has 8 heterocycles. The minimum Gasteiger partial charge on any atom is -0.383 e. The highest BCUT2D eigenvalue weighted by molar-refractivity contribution is 6.06. The molecule has 90 heavy (non-hydrogen) atoms. The lowest BCUT2D eigenvalue weighted by Crippen LogP contribution is -2.28. The Morgan fingerprint density at radius 3 is 1.63 bits per heavy atom. The third-order valence-electron chi connectivity index (χ3n) is 17.0. The number of hydrogen-bond acceptors (Lipinski definition) is 15. The zero-order valence-electron chi connectivity index (χ0n) is 50.0. The van der Waals surface area contributed by atoms with E-state index in [1.54, 1.807) is 30.5 Å². The quantitative estimate of drug-likeness (QED) is 0.0435. The second kappa shape index (κ2) is 28.1. The monoisotopic (exact) mass is 1230 g/mol. The lowest BCUT2D eigenvalue weighted by atomic mass is 10.0. The van der Waals surface area contributed by atoms with Crippen LogP contribution in [0.1, 0.15) is 112 Å². The number of hydrogen-bond donors (Lipinski definition) is 4. The van der Waals surface area contributed by atoms with Crippen LogP contribution in [0.5, 0.6) is 5.75 Å². The number of likely N-dealkylation sites (N-methyl/N-ethyl adjacent to an activating group) is 2. The van der Waals surface area contributed by atoms with Crippen LogP contribution in [0.3, 0.4) is 0 Å².